The quantitative estimate of drug-likeness (QED) is 0.850. The zero-order chi connectivity index (χ0) is 14.1. The highest BCUT2D eigenvalue weighted by atomic mass is 16.2. The fourth-order valence-electron chi connectivity index (χ4n) is 2.69. The van der Waals surface area contributed by atoms with Gasteiger partial charge < -0.3 is 10.6 Å². The van der Waals surface area contributed by atoms with Crippen LogP contribution in [0.4, 0.5) is 0 Å². The van der Waals surface area contributed by atoms with Crippen LogP contribution in [0.1, 0.15) is 23.2 Å². The normalized spacial score (nSPS) is 16.5. The molecule has 3 N–H and O–H groups in total. The second-order valence-electron chi connectivity index (χ2n) is 5.11. The number of rotatable bonds is 2. The zero-order valence-electron chi connectivity index (χ0n) is 11.0. The molecule has 0 spiro atoms. The summed E-state index contributed by atoms with van der Waals surface area (Å²) in [5.41, 5.74) is 6.80. The molecule has 0 atom stereocenters. The number of primary amides is 1. The summed E-state index contributed by atoms with van der Waals surface area (Å²) >= 11 is 0. The first-order chi connectivity index (χ1) is 9.66. The van der Waals surface area contributed by atoms with E-state index in [-0.39, 0.29) is 17.7 Å². The first-order valence-corrected chi connectivity index (χ1v) is 6.67. The third-order valence-electron chi connectivity index (χ3n) is 3.90. The maximum atomic E-state index is 12.6. The van der Waals surface area contributed by atoms with Gasteiger partial charge in [-0.1, -0.05) is 6.07 Å². The third-order valence-corrected chi connectivity index (χ3v) is 3.90. The summed E-state index contributed by atoms with van der Waals surface area (Å²) < 4.78 is 0. The second kappa shape index (κ2) is 4.96. The minimum absolute atomic E-state index is 0.0140. The van der Waals surface area contributed by atoms with Gasteiger partial charge in [-0.15, -0.1) is 0 Å². The largest absolute Gasteiger partial charge is 0.369 e. The van der Waals surface area contributed by atoms with Gasteiger partial charge in [0.15, 0.2) is 0 Å². The molecule has 0 bridgehead atoms. The predicted molar refractivity (Wildman–Crippen MR) is 73.9 cm³/mol. The molecule has 1 saturated heterocycles. The Hall–Kier alpha value is -2.37. The van der Waals surface area contributed by atoms with Crippen LogP contribution >= 0.6 is 0 Å². The molecule has 1 fully saturated rings. The van der Waals surface area contributed by atoms with Crippen molar-refractivity contribution in [1.82, 2.24) is 15.1 Å². The molecule has 104 valence electrons. The monoisotopic (exact) mass is 272 g/mol. The Bertz CT molecular complexity index is 656. The summed E-state index contributed by atoms with van der Waals surface area (Å²) in [5.74, 6) is -0.391. The molecule has 0 aliphatic carbocycles. The van der Waals surface area contributed by atoms with Crippen molar-refractivity contribution < 1.29 is 9.59 Å². The molecule has 0 radical (unpaired) electrons. The number of nitrogens with two attached hydrogens (primary N) is 1. The van der Waals surface area contributed by atoms with Crippen molar-refractivity contribution in [2.24, 2.45) is 11.7 Å². The average Bonchev–Trinajstić information content (AvgIpc) is 2.95. The Balaban J connectivity index is 1.80. The van der Waals surface area contributed by atoms with Crippen molar-refractivity contribution in [1.29, 1.82) is 0 Å². The number of likely N-dealkylation sites (tertiary alicyclic amines) is 1. The van der Waals surface area contributed by atoms with E-state index in [4.69, 9.17) is 5.73 Å². The first-order valence-electron chi connectivity index (χ1n) is 6.67. The number of hydrogen-bond acceptors (Lipinski definition) is 3. The molecule has 0 saturated carbocycles. The van der Waals surface area contributed by atoms with Crippen molar-refractivity contribution in [3.05, 3.63) is 30.0 Å². The number of benzene rings is 1. The number of hydrogen-bond donors (Lipinski definition) is 2. The van der Waals surface area contributed by atoms with Crippen LogP contribution < -0.4 is 5.73 Å². The SMILES string of the molecule is NC(=O)C1CCN(C(=O)c2cccc3[nH]ncc23)CC1. The Kier molecular flexibility index (Phi) is 3.14. The van der Waals surface area contributed by atoms with Crippen molar-refractivity contribution >= 4 is 22.7 Å². The van der Waals surface area contributed by atoms with Gasteiger partial charge >= 0.3 is 0 Å². The highest BCUT2D eigenvalue weighted by Crippen LogP contribution is 2.22. The number of fused-ring (bicyclic) bond motifs is 1. The third kappa shape index (κ3) is 2.13. The Morgan fingerprint density at radius 2 is 2.05 bits per heavy atom. The van der Waals surface area contributed by atoms with Crippen LogP contribution in [0.25, 0.3) is 10.9 Å². The van der Waals surface area contributed by atoms with E-state index in [1.165, 1.54) is 0 Å². The summed E-state index contributed by atoms with van der Waals surface area (Å²) in [6.45, 7) is 1.14. The van der Waals surface area contributed by atoms with Crippen LogP contribution in [0.5, 0.6) is 0 Å². The fourth-order valence-corrected chi connectivity index (χ4v) is 2.69. The molecule has 2 heterocycles. The van der Waals surface area contributed by atoms with Crippen LogP contribution in [0.3, 0.4) is 0 Å². The van der Waals surface area contributed by atoms with Gasteiger partial charge in [0, 0.05) is 24.4 Å². The Morgan fingerprint density at radius 3 is 2.75 bits per heavy atom. The zero-order valence-corrected chi connectivity index (χ0v) is 11.0. The standard InChI is InChI=1S/C14H16N4O2/c15-13(19)9-4-6-18(7-5-9)14(20)10-2-1-3-12-11(10)8-16-17-12/h1-3,8-9H,4-7H2,(H2,15,19)(H,16,17). The maximum Gasteiger partial charge on any atom is 0.254 e. The number of nitrogens with zero attached hydrogens (tertiary/aromatic N) is 2. The number of aromatic nitrogens is 2. The van der Waals surface area contributed by atoms with Gasteiger partial charge in [-0.3, -0.25) is 14.7 Å². The summed E-state index contributed by atoms with van der Waals surface area (Å²) in [6.07, 6.45) is 2.95. The number of aromatic amines is 1. The van der Waals surface area contributed by atoms with Crippen molar-refractivity contribution in [2.45, 2.75) is 12.8 Å². The van der Waals surface area contributed by atoms with E-state index in [1.807, 2.05) is 12.1 Å². The molecule has 20 heavy (non-hydrogen) atoms. The second-order valence-corrected chi connectivity index (χ2v) is 5.11. The molecule has 1 aliphatic heterocycles. The topological polar surface area (TPSA) is 92.1 Å². The number of carbonyl (C=O) groups is 2. The number of carbonyl (C=O) groups excluding carboxylic acids is 2. The van der Waals surface area contributed by atoms with Gasteiger partial charge in [0.25, 0.3) is 5.91 Å². The highest BCUT2D eigenvalue weighted by Gasteiger charge is 2.27. The van der Waals surface area contributed by atoms with E-state index in [2.05, 4.69) is 10.2 Å². The fraction of sp³-hybridized carbons (Fsp3) is 0.357. The minimum Gasteiger partial charge on any atom is -0.369 e. The van der Waals surface area contributed by atoms with Crippen molar-refractivity contribution in [3.8, 4) is 0 Å². The van der Waals surface area contributed by atoms with E-state index in [1.54, 1.807) is 17.2 Å². The molecular weight excluding hydrogens is 256 g/mol. The minimum atomic E-state index is -0.269. The lowest BCUT2D eigenvalue weighted by Gasteiger charge is -2.30. The number of H-pyrrole nitrogens is 1. The van der Waals surface area contributed by atoms with Gasteiger partial charge in [-0.2, -0.15) is 5.10 Å². The number of piperidine rings is 1. The lowest BCUT2D eigenvalue weighted by molar-refractivity contribution is -0.123. The lowest BCUT2D eigenvalue weighted by Crippen LogP contribution is -2.41. The molecular formula is C14H16N4O2. The Morgan fingerprint density at radius 1 is 1.30 bits per heavy atom. The molecule has 6 heteroatoms. The van der Waals surface area contributed by atoms with Gasteiger partial charge in [0.2, 0.25) is 5.91 Å². The van der Waals surface area contributed by atoms with E-state index < -0.39 is 0 Å². The predicted octanol–water partition coefficient (Wildman–Crippen LogP) is 0.900. The van der Waals surface area contributed by atoms with Gasteiger partial charge in [-0.05, 0) is 25.0 Å². The van der Waals surface area contributed by atoms with Crippen molar-refractivity contribution in [3.63, 3.8) is 0 Å². The summed E-state index contributed by atoms with van der Waals surface area (Å²) in [7, 11) is 0. The van der Waals surface area contributed by atoms with Gasteiger partial charge in [0.05, 0.1) is 17.3 Å². The van der Waals surface area contributed by atoms with Crippen LogP contribution in [0.15, 0.2) is 24.4 Å². The summed E-state index contributed by atoms with van der Waals surface area (Å²) in [6, 6.07) is 5.53. The van der Waals surface area contributed by atoms with Crippen LogP contribution in [0, 0.1) is 5.92 Å². The molecule has 0 unspecified atom stereocenters. The number of amides is 2. The molecule has 1 aromatic carbocycles. The molecule has 3 rings (SSSR count). The van der Waals surface area contributed by atoms with E-state index in [0.717, 1.165) is 10.9 Å². The molecule has 1 aromatic heterocycles. The molecule has 2 amide bonds. The molecule has 1 aliphatic rings. The van der Waals surface area contributed by atoms with Crippen molar-refractivity contribution in [2.75, 3.05) is 13.1 Å². The van der Waals surface area contributed by atoms with Gasteiger partial charge in [0.1, 0.15) is 0 Å². The Labute approximate surface area is 115 Å². The smallest absolute Gasteiger partial charge is 0.254 e. The van der Waals surface area contributed by atoms with Crippen LogP contribution in [-0.2, 0) is 4.79 Å². The average molecular weight is 272 g/mol. The number of nitrogens with one attached hydrogen (secondary N) is 1. The van der Waals surface area contributed by atoms with E-state index in [0.29, 0.717) is 31.5 Å². The summed E-state index contributed by atoms with van der Waals surface area (Å²) in [5, 5.41) is 7.65. The summed E-state index contributed by atoms with van der Waals surface area (Å²) in [4.78, 5) is 25.5. The van der Waals surface area contributed by atoms with Crippen LogP contribution in [-0.4, -0.2) is 40.0 Å². The van der Waals surface area contributed by atoms with Gasteiger partial charge in [-0.25, -0.2) is 0 Å². The molecule has 6 nitrogen and oxygen atoms in total. The van der Waals surface area contributed by atoms with Crippen LogP contribution in [0.2, 0.25) is 0 Å². The lowest BCUT2D eigenvalue weighted by atomic mass is 9.95. The van der Waals surface area contributed by atoms with E-state index in [9.17, 15) is 9.59 Å². The maximum absolute atomic E-state index is 12.6. The van der Waals surface area contributed by atoms with E-state index >= 15 is 0 Å². The highest BCUT2D eigenvalue weighted by molar-refractivity contribution is 6.06. The first kappa shape index (κ1) is 12.7. The molecule has 2 aromatic rings.